The van der Waals surface area contributed by atoms with E-state index in [4.69, 9.17) is 22.1 Å². The van der Waals surface area contributed by atoms with Crippen molar-refractivity contribution in [1.82, 2.24) is 0 Å². The fraction of sp³-hybridized carbons (Fsp3) is 0.462. The van der Waals surface area contributed by atoms with Gasteiger partial charge in [0.15, 0.2) is 0 Å². The molecule has 0 radical (unpaired) electrons. The first-order valence-electron chi connectivity index (χ1n) is 5.57. The Hall–Kier alpha value is -1.22. The molecule has 94 valence electrons. The zero-order valence-corrected chi connectivity index (χ0v) is 11.1. The first-order chi connectivity index (χ1) is 7.95. The SMILES string of the molecule is COC(=O)C[C@@H](c1ccc(Cl)c(N)c1)C(C)C. The number of esters is 1. The third-order valence-electron chi connectivity index (χ3n) is 2.87. The number of rotatable bonds is 4. The normalized spacial score (nSPS) is 12.5. The molecule has 1 aromatic rings. The highest BCUT2D eigenvalue weighted by Crippen LogP contribution is 2.31. The molecule has 1 rings (SSSR count). The van der Waals surface area contributed by atoms with E-state index in [1.807, 2.05) is 12.1 Å². The average Bonchev–Trinajstić information content (AvgIpc) is 2.29. The Balaban J connectivity index is 2.97. The monoisotopic (exact) mass is 255 g/mol. The van der Waals surface area contributed by atoms with Crippen LogP contribution in [0.2, 0.25) is 5.02 Å². The standard InChI is InChI=1S/C13H18ClNO2/c1-8(2)10(7-13(16)17-3)9-4-5-11(14)12(15)6-9/h4-6,8,10H,7,15H2,1-3H3/t10-/m1/s1. The van der Waals surface area contributed by atoms with Crippen molar-refractivity contribution in [3.8, 4) is 0 Å². The maximum atomic E-state index is 11.4. The van der Waals surface area contributed by atoms with Gasteiger partial charge < -0.3 is 10.5 Å². The second-order valence-corrected chi connectivity index (χ2v) is 4.82. The van der Waals surface area contributed by atoms with Crippen molar-refractivity contribution in [3.63, 3.8) is 0 Å². The summed E-state index contributed by atoms with van der Waals surface area (Å²) >= 11 is 5.88. The molecular weight excluding hydrogens is 238 g/mol. The molecule has 0 bridgehead atoms. The lowest BCUT2D eigenvalue weighted by Gasteiger charge is -2.20. The van der Waals surface area contributed by atoms with E-state index < -0.39 is 0 Å². The Morgan fingerprint density at radius 3 is 2.59 bits per heavy atom. The number of carbonyl (C=O) groups is 1. The van der Waals surface area contributed by atoms with E-state index in [0.29, 0.717) is 23.0 Å². The summed E-state index contributed by atoms with van der Waals surface area (Å²) in [5.74, 6) is 0.217. The molecular formula is C13H18ClNO2. The summed E-state index contributed by atoms with van der Waals surface area (Å²) in [7, 11) is 1.40. The predicted octanol–water partition coefficient (Wildman–Crippen LogP) is 3.22. The smallest absolute Gasteiger partial charge is 0.306 e. The van der Waals surface area contributed by atoms with Crippen molar-refractivity contribution in [2.24, 2.45) is 5.92 Å². The summed E-state index contributed by atoms with van der Waals surface area (Å²) < 4.78 is 4.71. The lowest BCUT2D eigenvalue weighted by Crippen LogP contribution is -2.14. The number of nitrogens with two attached hydrogens (primary N) is 1. The predicted molar refractivity (Wildman–Crippen MR) is 70.1 cm³/mol. The van der Waals surface area contributed by atoms with Crippen molar-refractivity contribution in [1.29, 1.82) is 0 Å². The summed E-state index contributed by atoms with van der Waals surface area (Å²) in [6, 6.07) is 5.50. The maximum absolute atomic E-state index is 11.4. The highest BCUT2D eigenvalue weighted by molar-refractivity contribution is 6.33. The van der Waals surface area contributed by atoms with Crippen LogP contribution in [-0.4, -0.2) is 13.1 Å². The summed E-state index contributed by atoms with van der Waals surface area (Å²) in [6.07, 6.45) is 0.356. The number of ether oxygens (including phenoxy) is 1. The lowest BCUT2D eigenvalue weighted by molar-refractivity contribution is -0.141. The van der Waals surface area contributed by atoms with E-state index in [-0.39, 0.29) is 11.9 Å². The zero-order valence-electron chi connectivity index (χ0n) is 10.4. The summed E-state index contributed by atoms with van der Waals surface area (Å²) in [4.78, 5) is 11.4. The zero-order chi connectivity index (χ0) is 13.0. The van der Waals surface area contributed by atoms with Crippen LogP contribution in [0.3, 0.4) is 0 Å². The second-order valence-electron chi connectivity index (χ2n) is 4.41. The molecule has 0 saturated heterocycles. The van der Waals surface area contributed by atoms with Gasteiger partial charge in [0, 0.05) is 0 Å². The summed E-state index contributed by atoms with van der Waals surface area (Å²) in [5.41, 5.74) is 7.34. The van der Waals surface area contributed by atoms with Crippen LogP contribution in [0.25, 0.3) is 0 Å². The van der Waals surface area contributed by atoms with Crippen LogP contribution in [0.4, 0.5) is 5.69 Å². The number of methoxy groups -OCH3 is 1. The average molecular weight is 256 g/mol. The van der Waals surface area contributed by atoms with Crippen LogP contribution in [-0.2, 0) is 9.53 Å². The van der Waals surface area contributed by atoms with Gasteiger partial charge in [-0.1, -0.05) is 31.5 Å². The summed E-state index contributed by atoms with van der Waals surface area (Å²) in [5, 5.41) is 0.536. The van der Waals surface area contributed by atoms with Crippen LogP contribution in [0, 0.1) is 5.92 Å². The van der Waals surface area contributed by atoms with Gasteiger partial charge in [0.1, 0.15) is 0 Å². The number of halogens is 1. The van der Waals surface area contributed by atoms with E-state index in [2.05, 4.69) is 13.8 Å². The van der Waals surface area contributed by atoms with Gasteiger partial charge in [-0.2, -0.15) is 0 Å². The fourth-order valence-electron chi connectivity index (χ4n) is 1.79. The van der Waals surface area contributed by atoms with Gasteiger partial charge in [-0.3, -0.25) is 4.79 Å². The molecule has 17 heavy (non-hydrogen) atoms. The quantitative estimate of drug-likeness (QED) is 0.664. The molecule has 3 nitrogen and oxygen atoms in total. The Morgan fingerprint density at radius 2 is 2.12 bits per heavy atom. The number of anilines is 1. The molecule has 0 saturated carbocycles. The van der Waals surface area contributed by atoms with E-state index in [1.54, 1.807) is 6.07 Å². The van der Waals surface area contributed by atoms with Crippen molar-refractivity contribution in [2.75, 3.05) is 12.8 Å². The third kappa shape index (κ3) is 3.63. The molecule has 1 aromatic carbocycles. The third-order valence-corrected chi connectivity index (χ3v) is 3.21. The van der Waals surface area contributed by atoms with Gasteiger partial charge in [0.2, 0.25) is 0 Å². The molecule has 0 heterocycles. The molecule has 0 aliphatic carbocycles. The molecule has 0 spiro atoms. The Bertz CT molecular complexity index is 404. The fourth-order valence-corrected chi connectivity index (χ4v) is 1.91. The van der Waals surface area contributed by atoms with Crippen LogP contribution < -0.4 is 5.73 Å². The van der Waals surface area contributed by atoms with Crippen molar-refractivity contribution in [3.05, 3.63) is 28.8 Å². The molecule has 0 fully saturated rings. The molecule has 0 aliphatic heterocycles. The van der Waals surface area contributed by atoms with Crippen molar-refractivity contribution < 1.29 is 9.53 Å². The van der Waals surface area contributed by atoms with E-state index in [1.165, 1.54) is 7.11 Å². The van der Waals surface area contributed by atoms with Crippen LogP contribution in [0.5, 0.6) is 0 Å². The van der Waals surface area contributed by atoms with Crippen LogP contribution >= 0.6 is 11.6 Å². The Morgan fingerprint density at radius 1 is 1.47 bits per heavy atom. The van der Waals surface area contributed by atoms with Gasteiger partial charge in [0.25, 0.3) is 0 Å². The van der Waals surface area contributed by atoms with Crippen molar-refractivity contribution in [2.45, 2.75) is 26.2 Å². The number of hydrogen-bond donors (Lipinski definition) is 1. The molecule has 0 aromatic heterocycles. The topological polar surface area (TPSA) is 52.3 Å². The van der Waals surface area contributed by atoms with Gasteiger partial charge in [-0.05, 0) is 29.5 Å². The highest BCUT2D eigenvalue weighted by atomic mass is 35.5. The number of carbonyl (C=O) groups excluding carboxylic acids is 1. The van der Waals surface area contributed by atoms with Gasteiger partial charge in [-0.25, -0.2) is 0 Å². The van der Waals surface area contributed by atoms with Gasteiger partial charge in [0.05, 0.1) is 24.2 Å². The molecule has 0 amide bonds. The van der Waals surface area contributed by atoms with E-state index in [9.17, 15) is 4.79 Å². The molecule has 4 heteroatoms. The van der Waals surface area contributed by atoms with Gasteiger partial charge >= 0.3 is 5.97 Å². The summed E-state index contributed by atoms with van der Waals surface area (Å²) in [6.45, 7) is 4.14. The Kier molecular flexibility index (Phi) is 4.82. The number of nitrogen functional groups attached to an aromatic ring is 1. The van der Waals surface area contributed by atoms with E-state index in [0.717, 1.165) is 5.56 Å². The molecule has 2 N–H and O–H groups in total. The van der Waals surface area contributed by atoms with Crippen LogP contribution in [0.1, 0.15) is 31.7 Å². The maximum Gasteiger partial charge on any atom is 0.306 e. The lowest BCUT2D eigenvalue weighted by atomic mass is 9.85. The first kappa shape index (κ1) is 13.8. The first-order valence-corrected chi connectivity index (χ1v) is 5.95. The minimum atomic E-state index is -0.211. The minimum Gasteiger partial charge on any atom is -0.469 e. The van der Waals surface area contributed by atoms with Crippen LogP contribution in [0.15, 0.2) is 18.2 Å². The van der Waals surface area contributed by atoms with E-state index >= 15 is 0 Å². The minimum absolute atomic E-state index is 0.0991. The largest absolute Gasteiger partial charge is 0.469 e. The van der Waals surface area contributed by atoms with Crippen molar-refractivity contribution >= 4 is 23.3 Å². The molecule has 0 unspecified atom stereocenters. The second kappa shape index (κ2) is 5.92. The van der Waals surface area contributed by atoms with Gasteiger partial charge in [-0.15, -0.1) is 0 Å². The number of hydrogen-bond acceptors (Lipinski definition) is 3. The number of benzene rings is 1. The highest BCUT2D eigenvalue weighted by Gasteiger charge is 2.20. The Labute approximate surface area is 107 Å². The molecule has 0 aliphatic rings. The molecule has 1 atom stereocenters.